The molecule has 1 heterocycles. The minimum Gasteiger partial charge on any atom is -0.489 e. The summed E-state index contributed by atoms with van der Waals surface area (Å²) in [6, 6.07) is 3.69. The monoisotopic (exact) mass is 391 g/mol. The number of ether oxygens (including phenoxy) is 2. The molecule has 150 valence electrons. The van der Waals surface area contributed by atoms with Gasteiger partial charge in [0, 0.05) is 12.8 Å². The Morgan fingerprint density at radius 3 is 2.56 bits per heavy atom. The van der Waals surface area contributed by atoms with Crippen molar-refractivity contribution in [1.29, 1.82) is 0 Å². The van der Waals surface area contributed by atoms with Crippen molar-refractivity contribution in [3.63, 3.8) is 0 Å². The van der Waals surface area contributed by atoms with Gasteiger partial charge < -0.3 is 19.0 Å². The minimum atomic E-state index is -1.74. The van der Waals surface area contributed by atoms with E-state index in [1.807, 2.05) is 19.1 Å². The zero-order valence-corrected chi connectivity index (χ0v) is 18.4. The van der Waals surface area contributed by atoms with Gasteiger partial charge in [-0.25, -0.2) is 4.98 Å². The third-order valence-corrected chi connectivity index (χ3v) is 9.75. The predicted octanol–water partition coefficient (Wildman–Crippen LogP) is 3.76. The highest BCUT2D eigenvalue weighted by Gasteiger charge is 2.37. The van der Waals surface area contributed by atoms with Gasteiger partial charge in [0.1, 0.15) is 24.2 Å². The highest BCUT2D eigenvalue weighted by molar-refractivity contribution is 6.74. The number of aliphatic hydroxyl groups is 1. The summed E-state index contributed by atoms with van der Waals surface area (Å²) >= 11 is 0. The minimum absolute atomic E-state index is 0.00925. The van der Waals surface area contributed by atoms with Crippen molar-refractivity contribution in [1.82, 2.24) is 4.98 Å². The Morgan fingerprint density at radius 1 is 1.30 bits per heavy atom. The first-order chi connectivity index (χ1) is 12.6. The van der Waals surface area contributed by atoms with Gasteiger partial charge in [0.05, 0.1) is 25.0 Å². The first kappa shape index (κ1) is 21.9. The van der Waals surface area contributed by atoms with Crippen LogP contribution < -0.4 is 4.74 Å². The van der Waals surface area contributed by atoms with Crippen molar-refractivity contribution >= 4 is 8.32 Å². The fraction of sp³-hybridized carbons (Fsp3) is 0.667. The Labute approximate surface area is 164 Å². The SMILES string of the molecule is CC(CO[Si](C)(C)C(C)(C)C)OCC#Cc1ccc(OC2CC(O)C2)cn1. The van der Waals surface area contributed by atoms with Crippen LogP contribution in [0.2, 0.25) is 18.1 Å². The zero-order valence-electron chi connectivity index (χ0n) is 17.4. The van der Waals surface area contributed by atoms with Crippen molar-refractivity contribution < 1.29 is 19.0 Å². The maximum atomic E-state index is 9.28. The third kappa shape index (κ3) is 6.93. The fourth-order valence-electron chi connectivity index (χ4n) is 2.25. The molecule has 0 spiro atoms. The number of hydrogen-bond donors (Lipinski definition) is 1. The molecule has 1 fully saturated rings. The molecule has 6 heteroatoms. The Morgan fingerprint density at radius 2 is 2.00 bits per heavy atom. The molecule has 0 aliphatic heterocycles. The van der Waals surface area contributed by atoms with Crippen LogP contribution in [0.15, 0.2) is 18.3 Å². The van der Waals surface area contributed by atoms with E-state index in [9.17, 15) is 5.11 Å². The van der Waals surface area contributed by atoms with Crippen LogP contribution in [0.3, 0.4) is 0 Å². The Hall–Kier alpha value is -1.39. The highest BCUT2D eigenvalue weighted by atomic mass is 28.4. The van der Waals surface area contributed by atoms with Crippen LogP contribution in [0.25, 0.3) is 0 Å². The molecule has 0 amide bonds. The summed E-state index contributed by atoms with van der Waals surface area (Å²) in [5.74, 6) is 6.71. The Kier molecular flexibility index (Phi) is 7.46. The summed E-state index contributed by atoms with van der Waals surface area (Å²) in [5.41, 5.74) is 0.685. The average Bonchev–Trinajstić information content (AvgIpc) is 2.56. The number of hydrogen-bond acceptors (Lipinski definition) is 5. The second kappa shape index (κ2) is 9.20. The lowest BCUT2D eigenvalue weighted by Crippen LogP contribution is -2.42. The molecule has 1 unspecified atom stereocenters. The lowest BCUT2D eigenvalue weighted by molar-refractivity contribution is -0.0109. The number of aliphatic hydroxyl groups excluding tert-OH is 1. The van der Waals surface area contributed by atoms with Crippen molar-refractivity contribution in [3.05, 3.63) is 24.0 Å². The summed E-state index contributed by atoms with van der Waals surface area (Å²) in [4.78, 5) is 4.29. The normalized spacial score (nSPS) is 21.0. The lowest BCUT2D eigenvalue weighted by Gasteiger charge is -2.36. The van der Waals surface area contributed by atoms with E-state index in [-0.39, 0.29) is 23.4 Å². The molecule has 1 N–H and O–H groups in total. The van der Waals surface area contributed by atoms with Crippen LogP contribution in [0, 0.1) is 11.8 Å². The van der Waals surface area contributed by atoms with Crippen LogP contribution >= 0.6 is 0 Å². The van der Waals surface area contributed by atoms with E-state index in [0.717, 1.165) is 0 Å². The molecule has 2 rings (SSSR count). The smallest absolute Gasteiger partial charge is 0.192 e. The molecule has 1 aromatic heterocycles. The van der Waals surface area contributed by atoms with E-state index in [2.05, 4.69) is 50.7 Å². The molecule has 1 aliphatic rings. The summed E-state index contributed by atoms with van der Waals surface area (Å²) < 4.78 is 17.6. The van der Waals surface area contributed by atoms with E-state index >= 15 is 0 Å². The standard InChI is InChI=1S/C21H33NO4Si/c1-16(15-25-27(5,6)21(2,3)4)24-11-7-8-17-9-10-19(14-22-17)26-20-12-18(23)13-20/h9-10,14,16,18,20,23H,11-13,15H2,1-6H3. The van der Waals surface area contributed by atoms with E-state index in [0.29, 0.717) is 37.5 Å². The summed E-state index contributed by atoms with van der Waals surface area (Å²) in [7, 11) is -1.74. The van der Waals surface area contributed by atoms with Gasteiger partial charge >= 0.3 is 0 Å². The van der Waals surface area contributed by atoms with Crippen LogP contribution in [0.5, 0.6) is 5.75 Å². The van der Waals surface area contributed by atoms with Crippen LogP contribution in [-0.4, -0.2) is 49.9 Å². The summed E-state index contributed by atoms with van der Waals surface area (Å²) in [5, 5.41) is 9.48. The zero-order chi connectivity index (χ0) is 20.1. The predicted molar refractivity (Wildman–Crippen MR) is 109 cm³/mol. The van der Waals surface area contributed by atoms with Crippen LogP contribution in [-0.2, 0) is 9.16 Å². The van der Waals surface area contributed by atoms with Gasteiger partial charge in [0.2, 0.25) is 0 Å². The van der Waals surface area contributed by atoms with Gasteiger partial charge in [0.15, 0.2) is 8.32 Å². The summed E-state index contributed by atoms with van der Waals surface area (Å²) in [6.07, 6.45) is 2.94. The van der Waals surface area contributed by atoms with Crippen molar-refractivity contribution in [2.75, 3.05) is 13.2 Å². The Bertz CT molecular complexity index is 651. The van der Waals surface area contributed by atoms with Gasteiger partial charge in [-0.15, -0.1) is 0 Å². The van der Waals surface area contributed by atoms with Crippen molar-refractivity contribution in [2.24, 2.45) is 0 Å². The molecule has 0 aromatic carbocycles. The molecule has 27 heavy (non-hydrogen) atoms. The van der Waals surface area contributed by atoms with Gasteiger partial charge in [0.25, 0.3) is 0 Å². The van der Waals surface area contributed by atoms with E-state index in [1.165, 1.54) is 0 Å². The third-order valence-electron chi connectivity index (χ3n) is 5.25. The van der Waals surface area contributed by atoms with E-state index in [4.69, 9.17) is 13.9 Å². The Balaban J connectivity index is 1.70. The molecular weight excluding hydrogens is 358 g/mol. The largest absolute Gasteiger partial charge is 0.489 e. The molecule has 1 aliphatic carbocycles. The molecule has 0 bridgehead atoms. The first-order valence-electron chi connectivity index (χ1n) is 9.62. The molecule has 1 aromatic rings. The van der Waals surface area contributed by atoms with E-state index < -0.39 is 8.32 Å². The van der Waals surface area contributed by atoms with Crippen LogP contribution in [0.1, 0.15) is 46.2 Å². The fourth-order valence-corrected chi connectivity index (χ4v) is 3.34. The van der Waals surface area contributed by atoms with E-state index in [1.54, 1.807) is 6.20 Å². The molecule has 5 nitrogen and oxygen atoms in total. The highest BCUT2D eigenvalue weighted by Crippen LogP contribution is 2.36. The molecule has 0 saturated heterocycles. The quantitative estimate of drug-likeness (QED) is 0.566. The number of rotatable bonds is 7. The maximum Gasteiger partial charge on any atom is 0.192 e. The summed E-state index contributed by atoms with van der Waals surface area (Å²) in [6.45, 7) is 14.1. The maximum absolute atomic E-state index is 9.28. The second-order valence-electron chi connectivity index (χ2n) is 8.74. The van der Waals surface area contributed by atoms with Crippen molar-refractivity contribution in [3.8, 4) is 17.6 Å². The molecule has 1 atom stereocenters. The van der Waals surface area contributed by atoms with Gasteiger partial charge in [-0.3, -0.25) is 0 Å². The second-order valence-corrected chi connectivity index (χ2v) is 13.5. The lowest BCUT2D eigenvalue weighted by atomic mass is 9.92. The topological polar surface area (TPSA) is 60.8 Å². The molecule has 1 saturated carbocycles. The van der Waals surface area contributed by atoms with Crippen LogP contribution in [0.4, 0.5) is 0 Å². The number of pyridine rings is 1. The average molecular weight is 392 g/mol. The van der Waals surface area contributed by atoms with Crippen molar-refractivity contribution in [2.45, 2.75) is 77.0 Å². The molecular formula is C21H33NO4Si. The van der Waals surface area contributed by atoms with Gasteiger partial charge in [-0.05, 0) is 43.1 Å². The van der Waals surface area contributed by atoms with Gasteiger partial charge in [-0.2, -0.15) is 0 Å². The first-order valence-corrected chi connectivity index (χ1v) is 12.5. The number of aromatic nitrogens is 1. The molecule has 0 radical (unpaired) electrons. The van der Waals surface area contributed by atoms with Gasteiger partial charge in [-0.1, -0.05) is 26.7 Å². The number of nitrogens with zero attached hydrogens (tertiary/aromatic N) is 1.